The van der Waals surface area contributed by atoms with E-state index in [1.807, 2.05) is 44.2 Å². The highest BCUT2D eigenvalue weighted by molar-refractivity contribution is 7.90. The van der Waals surface area contributed by atoms with Gasteiger partial charge in [0.05, 0.1) is 5.25 Å². The number of hydrogen-bond donors (Lipinski definition) is 1. The lowest BCUT2D eigenvalue weighted by molar-refractivity contribution is 0.198. The minimum absolute atomic E-state index is 0.0812. The third kappa shape index (κ3) is 4.82. The summed E-state index contributed by atoms with van der Waals surface area (Å²) in [7, 11) is -3.23. The summed E-state index contributed by atoms with van der Waals surface area (Å²) in [6, 6.07) is 9.98. The van der Waals surface area contributed by atoms with Crippen LogP contribution in [0.4, 0.5) is 4.79 Å². The highest BCUT2D eigenvalue weighted by atomic mass is 32.2. The van der Waals surface area contributed by atoms with Gasteiger partial charge in [0.1, 0.15) is 0 Å². The van der Waals surface area contributed by atoms with E-state index in [1.165, 1.54) is 5.56 Å². The molecule has 0 aromatic heterocycles. The molecule has 1 aromatic rings. The number of carbonyl (C=O) groups is 1. The average molecular weight is 394 g/mol. The molecule has 2 fully saturated rings. The second-order valence-electron chi connectivity index (χ2n) is 8.09. The second-order valence-corrected chi connectivity index (χ2v) is 10.2. The van der Waals surface area contributed by atoms with Gasteiger partial charge in [-0.25, -0.2) is 17.5 Å². The molecule has 27 heavy (non-hydrogen) atoms. The van der Waals surface area contributed by atoms with Crippen LogP contribution in [0.3, 0.4) is 0 Å². The Morgan fingerprint density at radius 1 is 1.19 bits per heavy atom. The van der Waals surface area contributed by atoms with Gasteiger partial charge < -0.3 is 10.2 Å². The van der Waals surface area contributed by atoms with E-state index in [0.717, 1.165) is 12.8 Å². The smallest absolute Gasteiger partial charge is 0.317 e. The molecule has 0 bridgehead atoms. The number of nitrogens with zero attached hydrogens (tertiary/aromatic N) is 2. The topological polar surface area (TPSA) is 69.7 Å². The van der Waals surface area contributed by atoms with Crippen molar-refractivity contribution in [3.63, 3.8) is 0 Å². The Morgan fingerprint density at radius 2 is 1.89 bits per heavy atom. The molecule has 2 amide bonds. The van der Waals surface area contributed by atoms with Gasteiger partial charge in [-0.3, -0.25) is 0 Å². The van der Waals surface area contributed by atoms with Crippen molar-refractivity contribution < 1.29 is 13.2 Å². The van der Waals surface area contributed by atoms with Crippen LogP contribution in [-0.4, -0.2) is 61.6 Å². The van der Waals surface area contributed by atoms with Crippen LogP contribution in [0.5, 0.6) is 0 Å². The lowest BCUT2D eigenvalue weighted by atomic mass is 10.0. The highest BCUT2D eigenvalue weighted by Gasteiger charge is 2.47. The number of carbonyl (C=O) groups excluding carboxylic acids is 1. The summed E-state index contributed by atoms with van der Waals surface area (Å²) < 4.78 is 27.3. The fourth-order valence-electron chi connectivity index (χ4n) is 4.16. The molecule has 3 rings (SSSR count). The van der Waals surface area contributed by atoms with E-state index in [-0.39, 0.29) is 17.2 Å². The number of urea groups is 1. The Balaban J connectivity index is 1.51. The second kappa shape index (κ2) is 8.61. The van der Waals surface area contributed by atoms with Crippen LogP contribution in [0, 0.1) is 11.8 Å². The molecular weight excluding hydrogens is 362 g/mol. The molecule has 2 aliphatic heterocycles. The van der Waals surface area contributed by atoms with E-state index >= 15 is 0 Å². The predicted octanol–water partition coefficient (Wildman–Crippen LogP) is 2.32. The molecule has 1 aromatic carbocycles. The molecule has 0 saturated carbocycles. The molecule has 0 spiro atoms. The minimum atomic E-state index is -3.23. The summed E-state index contributed by atoms with van der Waals surface area (Å²) in [5.41, 5.74) is 1.19. The average Bonchev–Trinajstić information content (AvgIpc) is 2.78. The van der Waals surface area contributed by atoms with Crippen LogP contribution < -0.4 is 5.32 Å². The Hall–Kier alpha value is -1.60. The van der Waals surface area contributed by atoms with E-state index in [2.05, 4.69) is 5.32 Å². The monoisotopic (exact) mass is 393 g/mol. The molecule has 6 nitrogen and oxygen atoms in total. The van der Waals surface area contributed by atoms with E-state index in [9.17, 15) is 13.2 Å². The summed E-state index contributed by atoms with van der Waals surface area (Å²) >= 11 is 0. The number of benzene rings is 1. The van der Waals surface area contributed by atoms with Gasteiger partial charge >= 0.3 is 6.03 Å². The van der Waals surface area contributed by atoms with Crippen molar-refractivity contribution in [2.75, 3.05) is 32.7 Å². The quantitative estimate of drug-likeness (QED) is 0.835. The largest absolute Gasteiger partial charge is 0.338 e. The summed E-state index contributed by atoms with van der Waals surface area (Å²) in [6.45, 7) is 7.02. The standard InChI is InChI=1S/C20H31N3O3S/c1-16(2)14-23-15-18-9-12-22(13-10-19(18)27(23,25)26)20(24)21-11-8-17-6-4-3-5-7-17/h3-7,16,18-19H,8-15H2,1-2H3,(H,21,24)/t18-,19-/m1/s1. The fourth-order valence-corrected chi connectivity index (χ4v) is 6.56. The molecule has 0 unspecified atom stereocenters. The molecular formula is C20H31N3O3S. The van der Waals surface area contributed by atoms with Crippen molar-refractivity contribution in [1.29, 1.82) is 0 Å². The number of likely N-dealkylation sites (tertiary alicyclic amines) is 1. The molecule has 2 aliphatic rings. The van der Waals surface area contributed by atoms with Gasteiger partial charge in [-0.1, -0.05) is 44.2 Å². The normalized spacial score (nSPS) is 25.2. The van der Waals surface area contributed by atoms with Crippen LogP contribution in [0.2, 0.25) is 0 Å². The Labute approximate surface area is 163 Å². The lowest BCUT2D eigenvalue weighted by Crippen LogP contribution is -2.42. The number of hydrogen-bond acceptors (Lipinski definition) is 3. The first-order valence-corrected chi connectivity index (χ1v) is 11.4. The Bertz CT molecular complexity index is 736. The molecule has 150 valence electrons. The van der Waals surface area contributed by atoms with Gasteiger partial charge in [-0.05, 0) is 36.7 Å². The number of sulfonamides is 1. The fraction of sp³-hybridized carbons (Fsp3) is 0.650. The van der Waals surface area contributed by atoms with Gasteiger partial charge in [0.15, 0.2) is 0 Å². The first-order valence-electron chi connectivity index (χ1n) is 9.93. The molecule has 1 N–H and O–H groups in total. The van der Waals surface area contributed by atoms with E-state index in [0.29, 0.717) is 45.1 Å². The number of nitrogens with one attached hydrogen (secondary N) is 1. The predicted molar refractivity (Wildman–Crippen MR) is 107 cm³/mol. The van der Waals surface area contributed by atoms with Crippen LogP contribution >= 0.6 is 0 Å². The van der Waals surface area contributed by atoms with Gasteiger partial charge in [0.25, 0.3) is 0 Å². The van der Waals surface area contributed by atoms with Crippen molar-refractivity contribution in [2.24, 2.45) is 11.8 Å². The van der Waals surface area contributed by atoms with Crippen molar-refractivity contribution in [3.8, 4) is 0 Å². The summed E-state index contributed by atoms with van der Waals surface area (Å²) in [5, 5.41) is 2.64. The maximum Gasteiger partial charge on any atom is 0.317 e. The van der Waals surface area contributed by atoms with Crippen LogP contribution in [0.15, 0.2) is 30.3 Å². The third-order valence-corrected chi connectivity index (χ3v) is 7.95. The Morgan fingerprint density at radius 3 is 2.59 bits per heavy atom. The Kier molecular flexibility index (Phi) is 6.42. The van der Waals surface area contributed by atoms with Crippen LogP contribution in [0.25, 0.3) is 0 Å². The number of fused-ring (bicyclic) bond motifs is 1. The van der Waals surface area contributed by atoms with Crippen LogP contribution in [-0.2, 0) is 16.4 Å². The van der Waals surface area contributed by atoms with E-state index in [4.69, 9.17) is 0 Å². The first kappa shape index (κ1) is 20.1. The SMILES string of the molecule is CC(C)CN1C[C@H]2CCN(C(=O)NCCc3ccccc3)CC[C@H]2S1(=O)=O. The summed E-state index contributed by atoms with van der Waals surface area (Å²) in [5.74, 6) is 0.463. The molecule has 0 aliphatic carbocycles. The van der Waals surface area contributed by atoms with Crippen molar-refractivity contribution in [3.05, 3.63) is 35.9 Å². The molecule has 7 heteroatoms. The van der Waals surface area contributed by atoms with E-state index < -0.39 is 10.0 Å². The van der Waals surface area contributed by atoms with Crippen molar-refractivity contribution in [2.45, 2.75) is 38.4 Å². The van der Waals surface area contributed by atoms with Crippen molar-refractivity contribution in [1.82, 2.24) is 14.5 Å². The van der Waals surface area contributed by atoms with Gasteiger partial charge in [-0.2, -0.15) is 0 Å². The van der Waals surface area contributed by atoms with Gasteiger partial charge in [-0.15, -0.1) is 0 Å². The molecule has 2 heterocycles. The maximum atomic E-state index is 12.8. The zero-order valence-electron chi connectivity index (χ0n) is 16.3. The third-order valence-electron chi connectivity index (χ3n) is 5.55. The van der Waals surface area contributed by atoms with Crippen LogP contribution in [0.1, 0.15) is 32.3 Å². The maximum absolute atomic E-state index is 12.8. The lowest BCUT2D eigenvalue weighted by Gasteiger charge is -2.23. The highest BCUT2D eigenvalue weighted by Crippen LogP contribution is 2.34. The summed E-state index contributed by atoms with van der Waals surface area (Å²) in [4.78, 5) is 14.3. The molecule has 2 saturated heterocycles. The minimum Gasteiger partial charge on any atom is -0.338 e. The van der Waals surface area contributed by atoms with E-state index in [1.54, 1.807) is 9.21 Å². The summed E-state index contributed by atoms with van der Waals surface area (Å²) in [6.07, 6.45) is 2.09. The zero-order valence-corrected chi connectivity index (χ0v) is 17.1. The van der Waals surface area contributed by atoms with Gasteiger partial charge in [0, 0.05) is 32.7 Å². The zero-order chi connectivity index (χ0) is 19.4. The van der Waals surface area contributed by atoms with Gasteiger partial charge in [0.2, 0.25) is 10.0 Å². The molecule has 0 radical (unpaired) electrons. The van der Waals surface area contributed by atoms with Crippen molar-refractivity contribution >= 4 is 16.1 Å². The number of rotatable bonds is 5. The first-order chi connectivity index (χ1) is 12.9. The molecule has 2 atom stereocenters. The number of amides is 2.